The van der Waals surface area contributed by atoms with E-state index in [9.17, 15) is 14.0 Å². The molecule has 0 aliphatic heterocycles. The van der Waals surface area contributed by atoms with Gasteiger partial charge in [0, 0.05) is 17.6 Å². The fourth-order valence-corrected chi connectivity index (χ4v) is 1.94. The lowest BCUT2D eigenvalue weighted by molar-refractivity contribution is -0.122. The molecule has 0 unspecified atom stereocenters. The molecule has 0 aliphatic rings. The Morgan fingerprint density at radius 2 is 2.05 bits per heavy atom. The first kappa shape index (κ1) is 15.6. The summed E-state index contributed by atoms with van der Waals surface area (Å²) in [5.41, 5.74) is 0.194. The lowest BCUT2D eigenvalue weighted by atomic mass is 10.2. The lowest BCUT2D eigenvalue weighted by Gasteiger charge is -2.18. The summed E-state index contributed by atoms with van der Waals surface area (Å²) in [5, 5.41) is 2.69. The van der Waals surface area contributed by atoms with Gasteiger partial charge in [-0.05, 0) is 48.0 Å². The highest BCUT2D eigenvalue weighted by Crippen LogP contribution is 2.19. The van der Waals surface area contributed by atoms with Gasteiger partial charge in [0.05, 0.1) is 12.1 Å². The second-order valence-corrected chi connectivity index (χ2v) is 5.36. The van der Waals surface area contributed by atoms with Gasteiger partial charge in [0.2, 0.25) is 5.91 Å². The highest BCUT2D eigenvalue weighted by molar-refractivity contribution is 9.10. The summed E-state index contributed by atoms with van der Waals surface area (Å²) < 4.78 is 13.6. The van der Waals surface area contributed by atoms with Gasteiger partial charge in [0.1, 0.15) is 5.82 Å². The Kier molecular flexibility index (Phi) is 5.47. The molecule has 2 amide bonds. The minimum absolute atomic E-state index is 0.0110. The van der Waals surface area contributed by atoms with Gasteiger partial charge in [-0.25, -0.2) is 4.39 Å². The maximum Gasteiger partial charge on any atom is 0.255 e. The maximum atomic E-state index is 13.1. The van der Waals surface area contributed by atoms with Crippen LogP contribution in [-0.4, -0.2) is 36.3 Å². The topological polar surface area (TPSA) is 49.4 Å². The van der Waals surface area contributed by atoms with Gasteiger partial charge in [-0.3, -0.25) is 9.59 Å². The van der Waals surface area contributed by atoms with Crippen molar-refractivity contribution < 1.29 is 14.0 Å². The van der Waals surface area contributed by atoms with Crippen molar-refractivity contribution in [1.29, 1.82) is 0 Å². The molecule has 104 valence electrons. The van der Waals surface area contributed by atoms with E-state index < -0.39 is 11.7 Å². The molecule has 1 rings (SSSR count). The molecule has 1 aromatic carbocycles. The van der Waals surface area contributed by atoms with Crippen LogP contribution in [0.3, 0.4) is 0 Å². The third kappa shape index (κ3) is 4.63. The van der Waals surface area contributed by atoms with Gasteiger partial charge in [0.15, 0.2) is 0 Å². The molecule has 4 nitrogen and oxygen atoms in total. The van der Waals surface area contributed by atoms with Crippen LogP contribution < -0.4 is 5.32 Å². The quantitative estimate of drug-likeness (QED) is 0.919. The lowest BCUT2D eigenvalue weighted by Crippen LogP contribution is -2.40. The van der Waals surface area contributed by atoms with E-state index in [2.05, 4.69) is 21.2 Å². The molecule has 6 heteroatoms. The number of hydrogen-bond donors (Lipinski definition) is 1. The highest BCUT2D eigenvalue weighted by Gasteiger charge is 2.18. The molecule has 0 aromatic heterocycles. The fraction of sp³-hybridized carbons (Fsp3) is 0.385. The van der Waals surface area contributed by atoms with Crippen LogP contribution in [0.25, 0.3) is 0 Å². The number of nitrogens with one attached hydrogen (secondary N) is 1. The number of likely N-dealkylation sites (N-methyl/N-ethyl adjacent to an activating group) is 1. The molecule has 0 spiro atoms. The average Bonchev–Trinajstić information content (AvgIpc) is 2.30. The van der Waals surface area contributed by atoms with Crippen molar-refractivity contribution in [3.8, 4) is 0 Å². The standard InChI is InChI=1S/C13H16BrFN2O2/c1-8(2)16-12(18)7-17(3)13(19)10-6-9(15)4-5-11(10)14/h4-6,8H,7H2,1-3H3,(H,16,18). The molecule has 0 saturated heterocycles. The first-order valence-corrected chi connectivity index (χ1v) is 6.60. The number of hydrogen-bond acceptors (Lipinski definition) is 2. The van der Waals surface area contributed by atoms with Crippen molar-refractivity contribution in [1.82, 2.24) is 10.2 Å². The molecule has 0 radical (unpaired) electrons. The molecular weight excluding hydrogens is 315 g/mol. The second-order valence-electron chi connectivity index (χ2n) is 4.51. The SMILES string of the molecule is CC(C)NC(=O)CN(C)C(=O)c1cc(F)ccc1Br. The minimum Gasteiger partial charge on any atom is -0.352 e. The molecule has 0 aliphatic carbocycles. The summed E-state index contributed by atoms with van der Waals surface area (Å²) in [6.45, 7) is 3.60. The van der Waals surface area contributed by atoms with E-state index >= 15 is 0 Å². The number of benzene rings is 1. The monoisotopic (exact) mass is 330 g/mol. The van der Waals surface area contributed by atoms with Crippen LogP contribution in [0.1, 0.15) is 24.2 Å². The van der Waals surface area contributed by atoms with Gasteiger partial charge < -0.3 is 10.2 Å². The van der Waals surface area contributed by atoms with Crippen molar-refractivity contribution in [3.63, 3.8) is 0 Å². The Hall–Kier alpha value is -1.43. The number of carbonyl (C=O) groups excluding carboxylic acids is 2. The summed E-state index contributed by atoms with van der Waals surface area (Å²) in [6.07, 6.45) is 0. The Bertz CT molecular complexity index is 492. The maximum absolute atomic E-state index is 13.1. The molecule has 19 heavy (non-hydrogen) atoms. The first-order valence-electron chi connectivity index (χ1n) is 5.81. The molecule has 0 heterocycles. The van der Waals surface area contributed by atoms with Crippen LogP contribution in [0.5, 0.6) is 0 Å². The minimum atomic E-state index is -0.494. The largest absolute Gasteiger partial charge is 0.352 e. The molecule has 0 atom stereocenters. The Balaban J connectivity index is 2.77. The van der Waals surface area contributed by atoms with E-state index in [-0.39, 0.29) is 24.1 Å². The Labute approximate surface area is 120 Å². The van der Waals surface area contributed by atoms with Crippen molar-refractivity contribution in [2.45, 2.75) is 19.9 Å². The van der Waals surface area contributed by atoms with E-state index in [1.54, 1.807) is 0 Å². The fourth-order valence-electron chi connectivity index (χ4n) is 1.52. The van der Waals surface area contributed by atoms with E-state index in [4.69, 9.17) is 0 Å². The number of carbonyl (C=O) groups is 2. The smallest absolute Gasteiger partial charge is 0.255 e. The van der Waals surface area contributed by atoms with E-state index in [0.29, 0.717) is 4.47 Å². The third-order valence-electron chi connectivity index (χ3n) is 2.34. The molecule has 0 saturated carbocycles. The number of rotatable bonds is 4. The molecule has 0 fully saturated rings. The van der Waals surface area contributed by atoms with Crippen molar-refractivity contribution in [2.24, 2.45) is 0 Å². The van der Waals surface area contributed by atoms with E-state index in [1.807, 2.05) is 13.8 Å². The second kappa shape index (κ2) is 6.65. The summed E-state index contributed by atoms with van der Waals surface area (Å²) in [4.78, 5) is 24.9. The summed E-state index contributed by atoms with van der Waals surface area (Å²) >= 11 is 3.19. The summed E-state index contributed by atoms with van der Waals surface area (Å²) in [5.74, 6) is -1.16. The van der Waals surface area contributed by atoms with Gasteiger partial charge >= 0.3 is 0 Å². The van der Waals surface area contributed by atoms with Crippen LogP contribution >= 0.6 is 15.9 Å². The zero-order valence-corrected chi connectivity index (χ0v) is 12.6. The predicted molar refractivity (Wildman–Crippen MR) is 74.3 cm³/mol. The van der Waals surface area contributed by atoms with Crippen LogP contribution in [-0.2, 0) is 4.79 Å². The molecular formula is C13H16BrFN2O2. The van der Waals surface area contributed by atoms with Gasteiger partial charge in [-0.15, -0.1) is 0 Å². The van der Waals surface area contributed by atoms with Crippen LogP contribution in [0.4, 0.5) is 4.39 Å². The Morgan fingerprint density at radius 1 is 1.42 bits per heavy atom. The average molecular weight is 331 g/mol. The normalized spacial score (nSPS) is 10.4. The number of nitrogens with zero attached hydrogens (tertiary/aromatic N) is 1. The summed E-state index contributed by atoms with van der Waals surface area (Å²) in [7, 11) is 1.50. The van der Waals surface area contributed by atoms with E-state index in [1.165, 1.54) is 24.1 Å². The van der Waals surface area contributed by atoms with Crippen LogP contribution in [0.15, 0.2) is 22.7 Å². The Morgan fingerprint density at radius 3 is 2.63 bits per heavy atom. The van der Waals surface area contributed by atoms with E-state index in [0.717, 1.165) is 6.07 Å². The van der Waals surface area contributed by atoms with Gasteiger partial charge in [0.25, 0.3) is 5.91 Å². The molecule has 1 aromatic rings. The van der Waals surface area contributed by atoms with Crippen LogP contribution in [0.2, 0.25) is 0 Å². The molecule has 0 bridgehead atoms. The van der Waals surface area contributed by atoms with Crippen LogP contribution in [0, 0.1) is 5.82 Å². The number of amides is 2. The van der Waals surface area contributed by atoms with Gasteiger partial charge in [-0.2, -0.15) is 0 Å². The van der Waals surface area contributed by atoms with Crippen molar-refractivity contribution >= 4 is 27.7 Å². The van der Waals surface area contributed by atoms with Crippen molar-refractivity contribution in [3.05, 3.63) is 34.1 Å². The first-order chi connectivity index (χ1) is 8.81. The zero-order valence-electron chi connectivity index (χ0n) is 11.0. The number of halogens is 2. The van der Waals surface area contributed by atoms with Gasteiger partial charge in [-0.1, -0.05) is 0 Å². The molecule has 1 N–H and O–H groups in total. The van der Waals surface area contributed by atoms with Crippen molar-refractivity contribution in [2.75, 3.05) is 13.6 Å². The zero-order chi connectivity index (χ0) is 14.6. The predicted octanol–water partition coefficient (Wildman–Crippen LogP) is 2.18. The third-order valence-corrected chi connectivity index (χ3v) is 3.03. The summed E-state index contributed by atoms with van der Waals surface area (Å²) in [6, 6.07) is 3.87. The highest BCUT2D eigenvalue weighted by atomic mass is 79.9.